The van der Waals surface area contributed by atoms with Gasteiger partial charge in [-0.2, -0.15) is 0 Å². The molecule has 0 bridgehead atoms. The zero-order valence-corrected chi connectivity index (χ0v) is 21.8. The highest BCUT2D eigenvalue weighted by Crippen LogP contribution is 2.35. The lowest BCUT2D eigenvalue weighted by molar-refractivity contribution is 0.206. The van der Waals surface area contributed by atoms with Gasteiger partial charge in [0, 0.05) is 68.1 Å². The van der Waals surface area contributed by atoms with E-state index in [9.17, 15) is 13.2 Å². The largest absolute Gasteiger partial charge is 0.383 e. The molecule has 10 heteroatoms. The first kappa shape index (κ1) is 24.8. The molecule has 3 aromatic heterocycles. The minimum Gasteiger partial charge on any atom is -0.383 e. The maximum absolute atomic E-state index is 12.9. The number of thiophene rings is 1. The normalized spacial score (nSPS) is 15.8. The van der Waals surface area contributed by atoms with Gasteiger partial charge in [0.05, 0.1) is 17.2 Å². The van der Waals surface area contributed by atoms with Gasteiger partial charge in [-0.1, -0.05) is 0 Å². The van der Waals surface area contributed by atoms with Crippen LogP contribution in [-0.2, 0) is 28.2 Å². The van der Waals surface area contributed by atoms with Gasteiger partial charge in [0.1, 0.15) is 15.7 Å². The highest BCUT2D eigenvalue weighted by molar-refractivity contribution is 7.91. The summed E-state index contributed by atoms with van der Waals surface area (Å²) in [5.74, 6) is 0.849. The Morgan fingerprint density at radius 3 is 2.68 bits per heavy atom. The van der Waals surface area contributed by atoms with E-state index in [1.165, 1.54) is 6.26 Å². The molecule has 1 saturated heterocycles. The number of hydrogen-bond acceptors (Lipinski definition) is 8. The van der Waals surface area contributed by atoms with Gasteiger partial charge < -0.3 is 14.2 Å². The highest BCUT2D eigenvalue weighted by atomic mass is 32.2. The number of piperidine rings is 1. The van der Waals surface area contributed by atoms with Crippen molar-refractivity contribution in [3.63, 3.8) is 0 Å². The van der Waals surface area contributed by atoms with E-state index < -0.39 is 9.84 Å². The first-order chi connectivity index (χ1) is 16.2. The molecule has 0 N–H and O–H groups in total. The topological polar surface area (TPSA) is 84.7 Å². The number of sulfone groups is 1. The summed E-state index contributed by atoms with van der Waals surface area (Å²) in [6.45, 7) is 3.56. The Hall–Kier alpha value is -2.27. The molecule has 0 atom stereocenters. The molecule has 0 radical (unpaired) electrons. The number of nitrogens with zero attached hydrogens (tertiary/aromatic N) is 4. The maximum atomic E-state index is 12.9. The van der Waals surface area contributed by atoms with Gasteiger partial charge in [-0.25, -0.2) is 13.4 Å². The van der Waals surface area contributed by atoms with Crippen LogP contribution in [0.2, 0.25) is 0 Å². The van der Waals surface area contributed by atoms with Gasteiger partial charge in [-0.3, -0.25) is 9.69 Å². The maximum Gasteiger partial charge on any atom is 0.259 e. The summed E-state index contributed by atoms with van der Waals surface area (Å²) in [6, 6.07) is 6.02. The Bertz CT molecular complexity index is 1320. The SMILES string of the molecule is COCCN(C)c1cc(-c2cn(C)c(=O)c3cc(CN4CCC(S(C)(=O)=O)CC4)sc23)ccn1. The number of aryl methyl sites for hydroxylation is 1. The number of likely N-dealkylation sites (N-methyl/N-ethyl adjacent to an activating group) is 1. The number of rotatable bonds is 8. The summed E-state index contributed by atoms with van der Waals surface area (Å²) in [7, 11) is 2.46. The van der Waals surface area contributed by atoms with Crippen molar-refractivity contribution in [2.45, 2.75) is 24.6 Å². The number of likely N-dealkylation sites (tertiary alicyclic amines) is 1. The first-order valence-corrected chi connectivity index (χ1v) is 14.1. The predicted octanol–water partition coefficient (Wildman–Crippen LogP) is 2.75. The third-order valence-corrected chi connectivity index (χ3v) is 9.33. The second kappa shape index (κ2) is 10.2. The lowest BCUT2D eigenvalue weighted by Crippen LogP contribution is -2.38. The van der Waals surface area contributed by atoms with Crippen LogP contribution < -0.4 is 10.5 Å². The summed E-state index contributed by atoms with van der Waals surface area (Å²) >= 11 is 1.64. The molecule has 4 heterocycles. The fourth-order valence-corrected chi connectivity index (χ4v) is 6.73. The predicted molar refractivity (Wildman–Crippen MR) is 139 cm³/mol. The second-order valence-electron chi connectivity index (χ2n) is 9.04. The molecule has 0 amide bonds. The molecule has 1 aliphatic heterocycles. The van der Waals surface area contributed by atoms with Crippen molar-refractivity contribution in [2.75, 3.05) is 51.6 Å². The number of hydrogen-bond donors (Lipinski definition) is 0. The van der Waals surface area contributed by atoms with Gasteiger partial charge in [0.25, 0.3) is 5.56 Å². The van der Waals surface area contributed by atoms with E-state index >= 15 is 0 Å². The Balaban J connectivity index is 1.63. The number of methoxy groups -OCH3 is 1. The molecule has 0 aromatic carbocycles. The fraction of sp³-hybridized carbons (Fsp3) is 0.500. The monoisotopic (exact) mass is 504 g/mol. The number of ether oxygens (including phenoxy) is 1. The third-order valence-electron chi connectivity index (χ3n) is 6.50. The van der Waals surface area contributed by atoms with Crippen molar-refractivity contribution in [1.82, 2.24) is 14.5 Å². The minimum atomic E-state index is -2.99. The zero-order chi connectivity index (χ0) is 24.5. The van der Waals surface area contributed by atoms with E-state index in [0.717, 1.165) is 58.1 Å². The molecule has 4 rings (SSSR count). The Labute approximate surface area is 204 Å². The lowest BCUT2D eigenvalue weighted by Gasteiger charge is -2.30. The molecule has 0 unspecified atom stereocenters. The summed E-state index contributed by atoms with van der Waals surface area (Å²) in [6.07, 6.45) is 6.35. The molecule has 1 aliphatic rings. The molecule has 1 fully saturated rings. The smallest absolute Gasteiger partial charge is 0.259 e. The van der Waals surface area contributed by atoms with Crippen molar-refractivity contribution >= 4 is 37.1 Å². The van der Waals surface area contributed by atoms with Gasteiger partial charge in [-0.05, 0) is 49.7 Å². The van der Waals surface area contributed by atoms with E-state index in [-0.39, 0.29) is 10.8 Å². The van der Waals surface area contributed by atoms with Crippen molar-refractivity contribution in [3.8, 4) is 11.1 Å². The number of fused-ring (bicyclic) bond motifs is 1. The highest BCUT2D eigenvalue weighted by Gasteiger charge is 2.27. The van der Waals surface area contributed by atoms with Gasteiger partial charge >= 0.3 is 0 Å². The summed E-state index contributed by atoms with van der Waals surface area (Å²) in [4.78, 5) is 22.9. The summed E-state index contributed by atoms with van der Waals surface area (Å²) < 4.78 is 31.5. The standard InChI is InChI=1S/C24H32N4O4S2/c1-26(11-12-32-3)22-13-17(5-8-25-22)21-16-27(2)24(29)20-14-18(33-23(20)21)15-28-9-6-19(7-10-28)34(4,30)31/h5,8,13-14,16,19H,6-7,9-12,15H2,1-4H3. The molecule has 184 valence electrons. The Morgan fingerprint density at radius 2 is 2.00 bits per heavy atom. The number of anilines is 1. The van der Waals surface area contributed by atoms with Crippen molar-refractivity contribution in [3.05, 3.63) is 45.8 Å². The molecule has 0 aliphatic carbocycles. The molecule has 34 heavy (non-hydrogen) atoms. The van der Waals surface area contributed by atoms with Crippen molar-refractivity contribution in [2.24, 2.45) is 7.05 Å². The van der Waals surface area contributed by atoms with Crippen LogP contribution in [0.3, 0.4) is 0 Å². The summed E-state index contributed by atoms with van der Waals surface area (Å²) in [5.41, 5.74) is 2.01. The quantitative estimate of drug-likeness (QED) is 0.466. The van der Waals surface area contributed by atoms with Crippen LogP contribution in [0.4, 0.5) is 5.82 Å². The van der Waals surface area contributed by atoms with Gasteiger partial charge in [-0.15, -0.1) is 11.3 Å². The van der Waals surface area contributed by atoms with E-state index in [4.69, 9.17) is 4.74 Å². The van der Waals surface area contributed by atoms with Crippen molar-refractivity contribution in [1.29, 1.82) is 0 Å². The summed E-state index contributed by atoms with van der Waals surface area (Å²) in [5, 5.41) is 0.477. The molecule has 3 aromatic rings. The average molecular weight is 505 g/mol. The van der Waals surface area contributed by atoms with Crippen LogP contribution >= 0.6 is 11.3 Å². The van der Waals surface area contributed by atoms with Crippen LogP contribution in [0.5, 0.6) is 0 Å². The lowest BCUT2D eigenvalue weighted by atomic mass is 10.1. The second-order valence-corrected chi connectivity index (χ2v) is 12.5. The van der Waals surface area contributed by atoms with Crippen LogP contribution in [0.15, 0.2) is 35.4 Å². The van der Waals surface area contributed by atoms with E-state index in [1.807, 2.05) is 36.3 Å². The Kier molecular flexibility index (Phi) is 7.42. The number of pyridine rings is 2. The zero-order valence-electron chi connectivity index (χ0n) is 20.2. The Morgan fingerprint density at radius 1 is 1.26 bits per heavy atom. The molecular weight excluding hydrogens is 472 g/mol. The van der Waals surface area contributed by atoms with Gasteiger partial charge in [0.2, 0.25) is 0 Å². The van der Waals surface area contributed by atoms with Crippen LogP contribution in [0.25, 0.3) is 21.2 Å². The first-order valence-electron chi connectivity index (χ1n) is 11.4. The van der Waals surface area contributed by atoms with Gasteiger partial charge in [0.15, 0.2) is 0 Å². The van der Waals surface area contributed by atoms with Crippen LogP contribution in [0, 0.1) is 0 Å². The molecule has 0 saturated carbocycles. The average Bonchev–Trinajstić information content (AvgIpc) is 3.23. The van der Waals surface area contributed by atoms with E-state index in [2.05, 4.69) is 9.88 Å². The molecular formula is C24H32N4O4S2. The van der Waals surface area contributed by atoms with Crippen LogP contribution in [0.1, 0.15) is 17.7 Å². The van der Waals surface area contributed by atoms with E-state index in [0.29, 0.717) is 19.4 Å². The minimum absolute atomic E-state index is 0.0106. The van der Waals surface area contributed by atoms with Crippen molar-refractivity contribution < 1.29 is 13.2 Å². The number of aromatic nitrogens is 2. The van der Waals surface area contributed by atoms with Crippen LogP contribution in [-0.4, -0.2) is 74.8 Å². The van der Waals surface area contributed by atoms with E-state index in [1.54, 1.807) is 36.3 Å². The third kappa shape index (κ3) is 5.35. The fourth-order valence-electron chi connectivity index (χ4n) is 4.44. The molecule has 0 spiro atoms. The molecule has 8 nitrogen and oxygen atoms in total.